The number of fused-ring (bicyclic) bond motifs is 1. The van der Waals surface area contributed by atoms with Crippen LogP contribution < -0.4 is 0 Å². The van der Waals surface area contributed by atoms with E-state index < -0.39 is 0 Å². The molecular weight excluding hydrogens is 208 g/mol. The smallest absolute Gasteiger partial charge is 0.194 e. The van der Waals surface area contributed by atoms with Gasteiger partial charge in [0.25, 0.3) is 0 Å². The van der Waals surface area contributed by atoms with E-state index in [1.54, 1.807) is 11.3 Å². The zero-order chi connectivity index (χ0) is 11.2. The van der Waals surface area contributed by atoms with E-state index in [2.05, 4.69) is 25.8 Å². The maximum Gasteiger partial charge on any atom is 0.194 e. The van der Waals surface area contributed by atoms with E-state index in [0.29, 0.717) is 5.69 Å². The van der Waals surface area contributed by atoms with E-state index in [0.717, 1.165) is 16.9 Å². The molecule has 80 valence electrons. The number of carbonyl (C=O) groups excluding carboxylic acids is 1. The summed E-state index contributed by atoms with van der Waals surface area (Å²) in [6, 6.07) is 0. The van der Waals surface area contributed by atoms with E-state index in [1.165, 1.54) is 4.88 Å². The molecule has 0 unspecified atom stereocenters. The number of aromatic nitrogens is 2. The van der Waals surface area contributed by atoms with Crippen LogP contribution in [-0.4, -0.2) is 15.7 Å². The summed E-state index contributed by atoms with van der Waals surface area (Å²) in [6.45, 7) is 8.22. The fraction of sp³-hybridized carbons (Fsp3) is 0.455. The molecule has 0 radical (unpaired) electrons. The van der Waals surface area contributed by atoms with Gasteiger partial charge in [0.15, 0.2) is 11.2 Å². The van der Waals surface area contributed by atoms with Crippen LogP contribution in [0.4, 0.5) is 0 Å². The molecule has 0 saturated carbocycles. The van der Waals surface area contributed by atoms with Crippen molar-refractivity contribution in [2.24, 2.45) is 0 Å². The predicted octanol–water partition coefficient (Wildman–Crippen LogP) is 2.81. The van der Waals surface area contributed by atoms with Gasteiger partial charge in [-0.15, -0.1) is 11.3 Å². The number of nitrogens with zero attached hydrogens (tertiary/aromatic N) is 2. The second-order valence-electron chi connectivity index (χ2n) is 4.71. The van der Waals surface area contributed by atoms with Crippen molar-refractivity contribution in [2.45, 2.75) is 33.1 Å². The van der Waals surface area contributed by atoms with E-state index in [4.69, 9.17) is 0 Å². The van der Waals surface area contributed by atoms with E-state index in [9.17, 15) is 4.79 Å². The van der Waals surface area contributed by atoms with Crippen molar-refractivity contribution in [3.05, 3.63) is 22.5 Å². The van der Waals surface area contributed by atoms with Gasteiger partial charge in [-0.1, -0.05) is 20.8 Å². The number of imidazole rings is 1. The summed E-state index contributed by atoms with van der Waals surface area (Å²) in [7, 11) is 0. The van der Waals surface area contributed by atoms with Gasteiger partial charge in [-0.2, -0.15) is 0 Å². The van der Waals surface area contributed by atoms with Crippen LogP contribution in [0.2, 0.25) is 0 Å². The summed E-state index contributed by atoms with van der Waals surface area (Å²) in [6.07, 6.45) is 2.86. The summed E-state index contributed by atoms with van der Waals surface area (Å²) < 4.78 is 1.88. The molecule has 0 aromatic carbocycles. The van der Waals surface area contributed by atoms with Crippen molar-refractivity contribution in [3.63, 3.8) is 0 Å². The highest BCUT2D eigenvalue weighted by Crippen LogP contribution is 2.28. The average Bonchev–Trinajstić information content (AvgIpc) is 2.58. The lowest BCUT2D eigenvalue weighted by atomic mass is 9.91. The van der Waals surface area contributed by atoms with Gasteiger partial charge in [-0.3, -0.25) is 9.20 Å². The number of hydrogen-bond donors (Lipinski definition) is 0. The Bertz CT molecular complexity index is 516. The fourth-order valence-electron chi connectivity index (χ4n) is 1.64. The van der Waals surface area contributed by atoms with Crippen molar-refractivity contribution in [3.8, 4) is 0 Å². The Hall–Kier alpha value is -1.16. The van der Waals surface area contributed by atoms with Crippen LogP contribution in [0.3, 0.4) is 0 Å². The summed E-state index contributed by atoms with van der Waals surface area (Å²) in [5.74, 6) is 0. The number of aldehydes is 1. The van der Waals surface area contributed by atoms with Crippen molar-refractivity contribution >= 4 is 22.6 Å². The Morgan fingerprint density at radius 3 is 2.67 bits per heavy atom. The van der Waals surface area contributed by atoms with Crippen LogP contribution >= 0.6 is 11.3 Å². The Morgan fingerprint density at radius 2 is 2.13 bits per heavy atom. The molecule has 0 aliphatic heterocycles. The van der Waals surface area contributed by atoms with Crippen LogP contribution in [0.25, 0.3) is 4.96 Å². The van der Waals surface area contributed by atoms with Gasteiger partial charge >= 0.3 is 0 Å². The quantitative estimate of drug-likeness (QED) is 0.695. The molecule has 2 aromatic rings. The summed E-state index contributed by atoms with van der Waals surface area (Å²) in [5, 5.41) is 0. The van der Waals surface area contributed by atoms with Crippen molar-refractivity contribution < 1.29 is 4.79 Å². The molecule has 0 bridgehead atoms. The molecule has 2 heterocycles. The molecule has 0 N–H and O–H groups in total. The highest BCUT2D eigenvalue weighted by molar-refractivity contribution is 7.17. The van der Waals surface area contributed by atoms with Gasteiger partial charge in [0.05, 0.1) is 5.69 Å². The SMILES string of the molecule is Cc1cn2c(C=O)c(C(C)(C)C)nc2s1. The van der Waals surface area contributed by atoms with Crippen LogP contribution in [0.5, 0.6) is 0 Å². The number of thiazole rings is 1. The molecule has 0 aliphatic rings. The van der Waals surface area contributed by atoms with Crippen LogP contribution in [-0.2, 0) is 5.41 Å². The van der Waals surface area contributed by atoms with E-state index in [-0.39, 0.29) is 5.41 Å². The lowest BCUT2D eigenvalue weighted by molar-refractivity contribution is 0.111. The Balaban J connectivity index is 2.77. The predicted molar refractivity (Wildman–Crippen MR) is 61.9 cm³/mol. The molecule has 15 heavy (non-hydrogen) atoms. The lowest BCUT2D eigenvalue weighted by Gasteiger charge is -2.15. The molecule has 0 aliphatic carbocycles. The van der Waals surface area contributed by atoms with Crippen LogP contribution in [0, 0.1) is 6.92 Å². The maximum atomic E-state index is 11.1. The standard InChI is InChI=1S/C11H14N2OS/c1-7-5-13-8(6-14)9(11(2,3)4)12-10(13)15-7/h5-6H,1-4H3. The van der Waals surface area contributed by atoms with Crippen LogP contribution in [0.15, 0.2) is 6.20 Å². The Morgan fingerprint density at radius 1 is 1.47 bits per heavy atom. The molecule has 2 aromatic heterocycles. The van der Waals surface area contributed by atoms with Gasteiger partial charge in [0.2, 0.25) is 0 Å². The van der Waals surface area contributed by atoms with Crippen molar-refractivity contribution in [1.29, 1.82) is 0 Å². The van der Waals surface area contributed by atoms with Crippen LogP contribution in [0.1, 0.15) is 41.8 Å². The third kappa shape index (κ3) is 1.59. The summed E-state index contributed by atoms with van der Waals surface area (Å²) in [5.41, 5.74) is 1.47. The molecule has 0 fully saturated rings. The van der Waals surface area contributed by atoms with Crippen molar-refractivity contribution in [1.82, 2.24) is 9.38 Å². The molecule has 0 spiro atoms. The molecule has 0 saturated heterocycles. The molecule has 0 atom stereocenters. The van der Waals surface area contributed by atoms with Gasteiger partial charge in [0.1, 0.15) is 5.69 Å². The minimum atomic E-state index is -0.0874. The average molecular weight is 222 g/mol. The number of rotatable bonds is 1. The first kappa shape index (κ1) is 10.4. The zero-order valence-corrected chi connectivity index (χ0v) is 10.2. The third-order valence-electron chi connectivity index (χ3n) is 2.30. The summed E-state index contributed by atoms with van der Waals surface area (Å²) in [4.78, 5) is 17.7. The largest absolute Gasteiger partial charge is 0.296 e. The minimum absolute atomic E-state index is 0.0874. The molecule has 0 amide bonds. The van der Waals surface area contributed by atoms with Gasteiger partial charge in [-0.05, 0) is 6.92 Å². The lowest BCUT2D eigenvalue weighted by Crippen LogP contribution is -2.14. The second kappa shape index (κ2) is 3.17. The Labute approximate surface area is 92.8 Å². The van der Waals surface area contributed by atoms with E-state index >= 15 is 0 Å². The fourth-order valence-corrected chi connectivity index (χ4v) is 2.47. The highest BCUT2D eigenvalue weighted by Gasteiger charge is 2.24. The topological polar surface area (TPSA) is 34.4 Å². The van der Waals surface area contributed by atoms with Gasteiger partial charge in [0, 0.05) is 16.5 Å². The number of hydrogen-bond acceptors (Lipinski definition) is 3. The third-order valence-corrected chi connectivity index (χ3v) is 3.20. The monoisotopic (exact) mass is 222 g/mol. The maximum absolute atomic E-state index is 11.1. The first-order chi connectivity index (χ1) is 6.93. The Kier molecular flexibility index (Phi) is 2.19. The highest BCUT2D eigenvalue weighted by atomic mass is 32.1. The summed E-state index contributed by atoms with van der Waals surface area (Å²) >= 11 is 1.61. The molecule has 3 nitrogen and oxygen atoms in total. The van der Waals surface area contributed by atoms with Gasteiger partial charge in [-0.25, -0.2) is 4.98 Å². The van der Waals surface area contributed by atoms with Crippen molar-refractivity contribution in [2.75, 3.05) is 0 Å². The minimum Gasteiger partial charge on any atom is -0.296 e. The number of aryl methyl sites for hydroxylation is 1. The second-order valence-corrected chi connectivity index (χ2v) is 5.92. The normalized spacial score (nSPS) is 12.3. The molecular formula is C11H14N2OS. The molecule has 4 heteroatoms. The van der Waals surface area contributed by atoms with E-state index in [1.807, 2.05) is 17.5 Å². The zero-order valence-electron chi connectivity index (χ0n) is 9.37. The first-order valence-electron chi connectivity index (χ1n) is 4.87. The molecule has 2 rings (SSSR count). The van der Waals surface area contributed by atoms with Gasteiger partial charge < -0.3 is 0 Å². The number of carbonyl (C=O) groups is 1. The first-order valence-corrected chi connectivity index (χ1v) is 5.69.